The summed E-state index contributed by atoms with van der Waals surface area (Å²) >= 11 is 0. The summed E-state index contributed by atoms with van der Waals surface area (Å²) in [4.78, 5) is 11.3. The summed E-state index contributed by atoms with van der Waals surface area (Å²) in [5.41, 5.74) is 0.506. The molecular weight excluding hydrogens is 192 g/mol. The molecule has 0 aromatic heterocycles. The number of ether oxygens (including phenoxy) is 2. The van der Waals surface area contributed by atoms with Crippen LogP contribution in [-0.4, -0.2) is 18.9 Å². The number of rotatable bonds is 8. The highest BCUT2D eigenvalue weighted by atomic mass is 16.7. The Bertz CT molecular complexity index is 221. The van der Waals surface area contributed by atoms with Gasteiger partial charge in [0.1, 0.15) is 0 Å². The number of esters is 1. The molecule has 3 heteroatoms. The van der Waals surface area contributed by atoms with E-state index in [1.807, 2.05) is 6.92 Å². The molecule has 0 aliphatic heterocycles. The van der Waals surface area contributed by atoms with E-state index in [0.29, 0.717) is 12.0 Å². The van der Waals surface area contributed by atoms with Crippen LogP contribution in [0.3, 0.4) is 0 Å². The van der Waals surface area contributed by atoms with Crippen molar-refractivity contribution in [2.75, 3.05) is 6.79 Å². The van der Waals surface area contributed by atoms with Crippen molar-refractivity contribution in [2.45, 2.75) is 39.2 Å². The third-order valence-electron chi connectivity index (χ3n) is 1.97. The summed E-state index contributed by atoms with van der Waals surface area (Å²) in [6.07, 6.45) is 4.21. The Morgan fingerprint density at radius 3 is 2.73 bits per heavy atom. The zero-order valence-electron chi connectivity index (χ0n) is 9.62. The van der Waals surface area contributed by atoms with E-state index in [1.165, 1.54) is 0 Å². The molecule has 0 rings (SSSR count). The van der Waals surface area contributed by atoms with Crippen molar-refractivity contribution in [2.24, 2.45) is 0 Å². The van der Waals surface area contributed by atoms with Crippen LogP contribution in [0.2, 0.25) is 0 Å². The molecule has 1 unspecified atom stereocenters. The van der Waals surface area contributed by atoms with Crippen LogP contribution >= 0.6 is 0 Å². The lowest BCUT2D eigenvalue weighted by Gasteiger charge is -2.09. The van der Waals surface area contributed by atoms with E-state index >= 15 is 0 Å². The van der Waals surface area contributed by atoms with Crippen molar-refractivity contribution in [3.63, 3.8) is 0 Å². The number of unbranched alkanes of at least 4 members (excludes halogenated alkanes) is 1. The molecule has 1 atom stereocenters. The molecule has 0 amide bonds. The van der Waals surface area contributed by atoms with E-state index in [2.05, 4.69) is 20.1 Å². The molecule has 0 saturated heterocycles. The van der Waals surface area contributed by atoms with Crippen LogP contribution < -0.4 is 0 Å². The summed E-state index contributed by atoms with van der Waals surface area (Å²) in [5.74, 6) is -0.375. The van der Waals surface area contributed by atoms with Gasteiger partial charge in [0.2, 0.25) is 0 Å². The van der Waals surface area contributed by atoms with Gasteiger partial charge in [-0.05, 0) is 19.8 Å². The zero-order chi connectivity index (χ0) is 11.7. The van der Waals surface area contributed by atoms with Crippen LogP contribution in [-0.2, 0) is 14.3 Å². The maximum atomic E-state index is 11.3. The maximum Gasteiger partial charge on any atom is 0.335 e. The van der Waals surface area contributed by atoms with Gasteiger partial charge in [-0.15, -0.1) is 6.58 Å². The Kier molecular flexibility index (Phi) is 7.64. The molecule has 0 saturated carbocycles. The minimum Gasteiger partial charge on any atom is -0.435 e. The number of hydrogen-bond donors (Lipinski definition) is 0. The lowest BCUT2D eigenvalue weighted by atomic mass is 10.1. The topological polar surface area (TPSA) is 35.5 Å². The molecule has 0 heterocycles. The van der Waals surface area contributed by atoms with E-state index in [1.54, 1.807) is 6.08 Å². The van der Waals surface area contributed by atoms with E-state index in [-0.39, 0.29) is 18.9 Å². The van der Waals surface area contributed by atoms with Crippen molar-refractivity contribution >= 4 is 5.97 Å². The second kappa shape index (κ2) is 8.24. The Morgan fingerprint density at radius 1 is 1.53 bits per heavy atom. The third-order valence-corrected chi connectivity index (χ3v) is 1.97. The Labute approximate surface area is 91.8 Å². The predicted molar refractivity (Wildman–Crippen MR) is 60.4 cm³/mol. The first-order chi connectivity index (χ1) is 7.11. The molecule has 0 aromatic rings. The maximum absolute atomic E-state index is 11.3. The Morgan fingerprint density at radius 2 is 2.20 bits per heavy atom. The fourth-order valence-corrected chi connectivity index (χ4v) is 0.857. The van der Waals surface area contributed by atoms with Gasteiger partial charge in [0.05, 0.1) is 6.10 Å². The number of hydrogen-bond acceptors (Lipinski definition) is 3. The fourth-order valence-electron chi connectivity index (χ4n) is 0.857. The zero-order valence-corrected chi connectivity index (χ0v) is 9.62. The van der Waals surface area contributed by atoms with Crippen LogP contribution in [0.1, 0.15) is 33.1 Å². The molecule has 0 spiro atoms. The van der Waals surface area contributed by atoms with E-state index < -0.39 is 0 Å². The predicted octanol–water partition coefficient (Wildman–Crippen LogP) is 2.82. The molecule has 0 N–H and O–H groups in total. The highest BCUT2D eigenvalue weighted by Crippen LogP contribution is 2.06. The summed E-state index contributed by atoms with van der Waals surface area (Å²) < 4.78 is 9.98. The van der Waals surface area contributed by atoms with E-state index in [0.717, 1.165) is 12.8 Å². The molecule has 86 valence electrons. The number of carbonyl (C=O) groups excluding carboxylic acids is 1. The summed E-state index contributed by atoms with van der Waals surface area (Å²) in [6.45, 7) is 11.1. The van der Waals surface area contributed by atoms with Crippen molar-refractivity contribution in [3.8, 4) is 0 Å². The van der Waals surface area contributed by atoms with Crippen molar-refractivity contribution < 1.29 is 14.3 Å². The van der Waals surface area contributed by atoms with Gasteiger partial charge >= 0.3 is 5.97 Å². The summed E-state index contributed by atoms with van der Waals surface area (Å²) in [7, 11) is 0. The van der Waals surface area contributed by atoms with Gasteiger partial charge in [0.25, 0.3) is 0 Å². The quantitative estimate of drug-likeness (QED) is 0.268. The van der Waals surface area contributed by atoms with E-state index in [9.17, 15) is 4.79 Å². The molecule has 0 aromatic carbocycles. The molecule has 0 bridgehead atoms. The Hall–Kier alpha value is -1.09. The van der Waals surface area contributed by atoms with Crippen LogP contribution in [0.5, 0.6) is 0 Å². The lowest BCUT2D eigenvalue weighted by Crippen LogP contribution is -2.13. The minimum atomic E-state index is -0.375. The largest absolute Gasteiger partial charge is 0.435 e. The average molecular weight is 212 g/mol. The second-order valence-corrected chi connectivity index (χ2v) is 3.36. The van der Waals surface area contributed by atoms with Gasteiger partial charge in [-0.3, -0.25) is 0 Å². The van der Waals surface area contributed by atoms with Crippen LogP contribution in [0.4, 0.5) is 0 Å². The molecule has 0 radical (unpaired) electrons. The number of carbonyl (C=O) groups is 1. The van der Waals surface area contributed by atoms with Gasteiger partial charge in [0.15, 0.2) is 6.79 Å². The summed E-state index contributed by atoms with van der Waals surface area (Å²) in [5, 5.41) is 0. The first kappa shape index (κ1) is 13.9. The van der Waals surface area contributed by atoms with Crippen LogP contribution in [0, 0.1) is 0 Å². The van der Waals surface area contributed by atoms with Gasteiger partial charge in [-0.1, -0.05) is 26.0 Å². The van der Waals surface area contributed by atoms with Crippen LogP contribution in [0.25, 0.3) is 0 Å². The summed E-state index contributed by atoms with van der Waals surface area (Å²) in [6, 6.07) is 0. The van der Waals surface area contributed by atoms with Gasteiger partial charge in [0, 0.05) is 5.57 Å². The molecular formula is C12H20O3. The van der Waals surface area contributed by atoms with Crippen molar-refractivity contribution in [3.05, 3.63) is 24.8 Å². The smallest absolute Gasteiger partial charge is 0.335 e. The molecule has 0 aliphatic carbocycles. The van der Waals surface area contributed by atoms with Crippen LogP contribution in [0.15, 0.2) is 24.8 Å². The molecule has 0 aliphatic rings. The van der Waals surface area contributed by atoms with Crippen molar-refractivity contribution in [1.82, 2.24) is 0 Å². The highest BCUT2D eigenvalue weighted by molar-refractivity contribution is 5.87. The monoisotopic (exact) mass is 212 g/mol. The third kappa shape index (κ3) is 6.91. The molecule has 15 heavy (non-hydrogen) atoms. The van der Waals surface area contributed by atoms with Crippen molar-refractivity contribution in [1.29, 1.82) is 0 Å². The molecule has 0 fully saturated rings. The first-order valence-electron chi connectivity index (χ1n) is 5.20. The SMILES string of the molecule is C=CC(C)OCOC(=O)C(=C)CCCC. The second-order valence-electron chi connectivity index (χ2n) is 3.36. The fraction of sp³-hybridized carbons (Fsp3) is 0.583. The molecule has 3 nitrogen and oxygen atoms in total. The highest BCUT2D eigenvalue weighted by Gasteiger charge is 2.07. The van der Waals surface area contributed by atoms with Gasteiger partial charge in [-0.25, -0.2) is 4.79 Å². The normalized spacial score (nSPS) is 11.9. The van der Waals surface area contributed by atoms with Gasteiger partial charge < -0.3 is 9.47 Å². The Balaban J connectivity index is 3.64. The lowest BCUT2D eigenvalue weighted by molar-refractivity contribution is -0.153. The average Bonchev–Trinajstić information content (AvgIpc) is 2.25. The van der Waals surface area contributed by atoms with E-state index in [4.69, 9.17) is 9.47 Å². The minimum absolute atomic E-state index is 0.0445. The first-order valence-corrected chi connectivity index (χ1v) is 5.20. The van der Waals surface area contributed by atoms with Gasteiger partial charge in [-0.2, -0.15) is 0 Å². The standard InChI is InChI=1S/C12H20O3/c1-5-7-8-10(3)12(13)15-9-14-11(4)6-2/h6,11H,2-3,5,7-9H2,1,4H3.